The van der Waals surface area contributed by atoms with Crippen molar-refractivity contribution in [2.24, 2.45) is 5.92 Å². The molecule has 118 valence electrons. The van der Waals surface area contributed by atoms with Crippen molar-refractivity contribution in [1.29, 1.82) is 0 Å². The molecule has 1 unspecified atom stereocenters. The molecule has 0 saturated heterocycles. The summed E-state index contributed by atoms with van der Waals surface area (Å²) in [4.78, 5) is 24.6. The minimum absolute atomic E-state index is 0. The topological polar surface area (TPSA) is 57.2 Å². The van der Waals surface area contributed by atoms with E-state index in [0.717, 1.165) is 12.8 Å². The predicted molar refractivity (Wildman–Crippen MR) is 84.7 cm³/mol. The molecule has 0 aliphatic heterocycles. The van der Waals surface area contributed by atoms with Crippen molar-refractivity contribution in [3.05, 3.63) is 46.7 Å². The third-order valence-electron chi connectivity index (χ3n) is 4.27. The number of hydrogen-bond donors (Lipinski definition) is 0. The Morgan fingerprint density at radius 3 is 2.22 bits per heavy atom. The first kappa shape index (κ1) is 20.1. The van der Waals surface area contributed by atoms with Gasteiger partial charge in [0, 0.05) is 11.1 Å². The van der Waals surface area contributed by atoms with E-state index in [4.69, 9.17) is 0 Å². The average molecular weight is 322 g/mol. The van der Waals surface area contributed by atoms with Crippen LogP contribution in [0.25, 0.3) is 0 Å². The summed E-state index contributed by atoms with van der Waals surface area (Å²) in [5.41, 5.74) is 0.795. The maximum Gasteiger partial charge on any atom is 1.00 e. The van der Waals surface area contributed by atoms with Gasteiger partial charge in [-0.25, -0.2) is 0 Å². The van der Waals surface area contributed by atoms with Crippen molar-refractivity contribution in [1.82, 2.24) is 0 Å². The van der Waals surface area contributed by atoms with E-state index < -0.39 is 11.5 Å². The van der Waals surface area contributed by atoms with Gasteiger partial charge in [0.05, 0.1) is 0 Å². The molecule has 1 atom stereocenters. The average Bonchev–Trinajstić information content (AvgIpc) is 2.53. The smallest absolute Gasteiger partial charge is 0.870 e. The molecule has 2 rings (SSSR count). The Bertz CT molecular complexity index is 604. The van der Waals surface area contributed by atoms with Gasteiger partial charge in [0.2, 0.25) is 0 Å². The summed E-state index contributed by atoms with van der Waals surface area (Å²) in [7, 11) is 0. The molecule has 0 spiro atoms. The largest absolute Gasteiger partial charge is 1.00 e. The summed E-state index contributed by atoms with van der Waals surface area (Å²) in [6.45, 7) is 4.21. The van der Waals surface area contributed by atoms with Gasteiger partial charge in [0.25, 0.3) is 0 Å². The zero-order chi connectivity index (χ0) is 16.1. The van der Waals surface area contributed by atoms with Crippen molar-refractivity contribution < 1.29 is 44.3 Å². The van der Waals surface area contributed by atoms with Crippen LogP contribution in [0.3, 0.4) is 0 Å². The van der Waals surface area contributed by atoms with Gasteiger partial charge in [-0.3, -0.25) is 9.59 Å². The number of fused-ring (bicyclic) bond motifs is 1. The molecule has 3 nitrogen and oxygen atoms in total. The molecule has 23 heavy (non-hydrogen) atoms. The normalized spacial score (nSPS) is 15.2. The molecule has 1 aromatic carbocycles. The van der Waals surface area contributed by atoms with Gasteiger partial charge in [-0.1, -0.05) is 76.0 Å². The van der Waals surface area contributed by atoms with E-state index in [1.165, 1.54) is 19.3 Å². The Morgan fingerprint density at radius 1 is 1.00 bits per heavy atom. The third-order valence-corrected chi connectivity index (χ3v) is 4.27. The molecule has 0 radical (unpaired) electrons. The van der Waals surface area contributed by atoms with Gasteiger partial charge in [-0.15, -0.1) is 0 Å². The summed E-state index contributed by atoms with van der Waals surface area (Å²) < 4.78 is 0. The molecule has 1 aliphatic rings. The number of hydrogen-bond acceptors (Lipinski definition) is 3. The Kier molecular flexibility index (Phi) is 8.24. The zero-order valence-corrected chi connectivity index (χ0v) is 16.4. The minimum atomic E-state index is -0.607. The summed E-state index contributed by atoms with van der Waals surface area (Å²) in [5, 5.41) is 12.2. The summed E-state index contributed by atoms with van der Waals surface area (Å²) >= 11 is 0. The van der Waals surface area contributed by atoms with Gasteiger partial charge in [0.1, 0.15) is 0 Å². The van der Waals surface area contributed by atoms with Crippen LogP contribution in [0, 0.1) is 5.92 Å². The minimum Gasteiger partial charge on any atom is -0.870 e. The van der Waals surface area contributed by atoms with E-state index in [0.29, 0.717) is 12.0 Å². The summed E-state index contributed by atoms with van der Waals surface area (Å²) in [6, 6.07) is 6.59. The van der Waals surface area contributed by atoms with Crippen LogP contribution in [-0.2, 0) is 0 Å². The van der Waals surface area contributed by atoms with Crippen molar-refractivity contribution in [3.8, 4) is 0 Å². The number of benzene rings is 1. The molecule has 1 aliphatic carbocycles. The first-order valence-electron chi connectivity index (χ1n) is 8.14. The maximum absolute atomic E-state index is 12.5. The Labute approximate surface area is 160 Å². The van der Waals surface area contributed by atoms with Crippen LogP contribution >= 0.6 is 0 Å². The SMILES string of the molecule is CCCCCCC(C)CC1=C([O-])C(=O)c2ccccc2C1=O.[Na+]. The second-order valence-corrected chi connectivity index (χ2v) is 6.17. The molecule has 4 heteroatoms. The van der Waals surface area contributed by atoms with Crippen LogP contribution in [-0.4, -0.2) is 11.6 Å². The molecule has 0 N–H and O–H groups in total. The Morgan fingerprint density at radius 2 is 1.61 bits per heavy atom. The van der Waals surface area contributed by atoms with Gasteiger partial charge >= 0.3 is 29.6 Å². The molecule has 0 heterocycles. The fourth-order valence-electron chi connectivity index (χ4n) is 2.96. The van der Waals surface area contributed by atoms with Gasteiger partial charge in [-0.2, -0.15) is 0 Å². The van der Waals surface area contributed by atoms with Crippen molar-refractivity contribution >= 4 is 11.6 Å². The fraction of sp³-hybridized carbons (Fsp3) is 0.474. The number of unbranched alkanes of at least 4 members (excludes halogenated alkanes) is 3. The Hall–Kier alpha value is -0.900. The number of allylic oxidation sites excluding steroid dienone is 2. The second kappa shape index (κ2) is 9.41. The monoisotopic (exact) mass is 322 g/mol. The molecule has 0 bridgehead atoms. The molecular weight excluding hydrogens is 299 g/mol. The van der Waals surface area contributed by atoms with E-state index in [9.17, 15) is 14.7 Å². The van der Waals surface area contributed by atoms with Crippen LogP contribution in [0.15, 0.2) is 35.6 Å². The first-order valence-corrected chi connectivity index (χ1v) is 8.14. The standard InChI is InChI=1S/C19H24O3.Na/c1-3-4-5-6-9-13(2)12-16-17(20)14-10-7-8-11-15(14)18(21)19(16)22;/h7-8,10-11,13,22H,3-6,9,12H2,1-2H3;/q;+1/p-1. The maximum atomic E-state index is 12.5. The molecular formula is C19H23NaO3. The van der Waals surface area contributed by atoms with Crippen molar-refractivity contribution in [2.45, 2.75) is 52.4 Å². The van der Waals surface area contributed by atoms with E-state index in [-0.39, 0.29) is 52.4 Å². The molecule has 0 saturated carbocycles. The Balaban J connectivity index is 0.00000264. The van der Waals surface area contributed by atoms with E-state index in [1.54, 1.807) is 24.3 Å². The van der Waals surface area contributed by atoms with Crippen molar-refractivity contribution in [2.75, 3.05) is 0 Å². The first-order chi connectivity index (χ1) is 10.6. The van der Waals surface area contributed by atoms with Crippen LogP contribution in [0.4, 0.5) is 0 Å². The van der Waals surface area contributed by atoms with Gasteiger partial charge in [0.15, 0.2) is 11.6 Å². The van der Waals surface area contributed by atoms with Crippen LogP contribution in [0.2, 0.25) is 0 Å². The number of ketones is 2. The zero-order valence-electron chi connectivity index (χ0n) is 14.4. The number of carbonyl (C=O) groups excluding carboxylic acids is 2. The van der Waals surface area contributed by atoms with Crippen LogP contribution < -0.4 is 34.7 Å². The second-order valence-electron chi connectivity index (χ2n) is 6.17. The van der Waals surface area contributed by atoms with Crippen molar-refractivity contribution in [3.63, 3.8) is 0 Å². The number of Topliss-reactive ketones (excluding diaryl/α,β-unsaturated/α-hetero) is 2. The predicted octanol–water partition coefficient (Wildman–Crippen LogP) is 0.681. The molecule has 0 aromatic heterocycles. The van der Waals surface area contributed by atoms with Gasteiger partial charge < -0.3 is 5.11 Å². The quantitative estimate of drug-likeness (QED) is 0.548. The molecule has 0 amide bonds. The summed E-state index contributed by atoms with van der Waals surface area (Å²) in [6.07, 6.45) is 6.08. The third kappa shape index (κ3) is 4.79. The van der Waals surface area contributed by atoms with Crippen LogP contribution in [0.5, 0.6) is 0 Å². The number of carbonyl (C=O) groups is 2. The van der Waals surface area contributed by atoms with E-state index in [2.05, 4.69) is 6.92 Å². The van der Waals surface area contributed by atoms with Crippen LogP contribution in [0.1, 0.15) is 73.1 Å². The fourth-order valence-corrected chi connectivity index (χ4v) is 2.96. The molecule has 0 fully saturated rings. The van der Waals surface area contributed by atoms with E-state index >= 15 is 0 Å². The summed E-state index contributed by atoms with van der Waals surface area (Å²) in [5.74, 6) is -1.16. The number of rotatable bonds is 7. The van der Waals surface area contributed by atoms with Gasteiger partial charge in [-0.05, 0) is 17.9 Å². The van der Waals surface area contributed by atoms with E-state index in [1.807, 2.05) is 6.92 Å². The molecule has 1 aromatic rings.